The Hall–Kier alpha value is -4.34. The van der Waals surface area contributed by atoms with Gasteiger partial charge in [0.2, 0.25) is 19.1 Å². The van der Waals surface area contributed by atoms with E-state index in [4.69, 9.17) is 48.9 Å². The summed E-state index contributed by atoms with van der Waals surface area (Å²) in [6.07, 6.45) is 7.09. The van der Waals surface area contributed by atoms with Crippen LogP contribution in [0.3, 0.4) is 0 Å². The van der Waals surface area contributed by atoms with Crippen molar-refractivity contribution in [3.63, 3.8) is 0 Å². The number of aromatic amines is 4. The monoisotopic (exact) mass is 817 g/mol. The standard InChI is InChI=1S/C26H20N16S4.2ClH.Cu/c43-23-35-31-19-9-21-33-37-25(45)41(21)29-13-17-7-3-4-8-18(17)14-30-42-22(34-38-26(42)46)10-20-32-36-24(44)40(20)28-12-16-6-2-1-5-15(16)11-27-39(19)23;;;/h1-8,11-14H,9-10H2,(H,35,43)(H,36,44)(H,37,45)(H,38,46);2*1H;/q;;;+2/p-2/b27-11+,28-12+,29-13+,30-14+;;;. The zero-order valence-electron chi connectivity index (χ0n) is 24.4. The zero-order chi connectivity index (χ0) is 34.3. The number of halogens is 2. The Kier molecular flexibility index (Phi) is 11.2. The molecule has 0 unspecified atom stereocenters. The van der Waals surface area contributed by atoms with E-state index in [2.05, 4.69) is 81.4 Å². The molecule has 0 atom stereocenters. The molecule has 0 spiro atoms. The van der Waals surface area contributed by atoms with E-state index in [1.807, 2.05) is 48.5 Å². The van der Waals surface area contributed by atoms with E-state index >= 15 is 0 Å². The number of hydrogen-bond acceptors (Lipinski definition) is 12. The van der Waals surface area contributed by atoms with Gasteiger partial charge in [0.05, 0.1) is 37.7 Å². The van der Waals surface area contributed by atoms with Gasteiger partial charge in [0.15, 0.2) is 23.3 Å². The first-order valence-corrected chi connectivity index (χ1v) is 17.9. The maximum atomic E-state index is 5.48. The van der Waals surface area contributed by atoms with Crippen LogP contribution in [-0.2, 0) is 26.0 Å². The van der Waals surface area contributed by atoms with Crippen LogP contribution in [0.15, 0.2) is 68.9 Å². The van der Waals surface area contributed by atoms with Crippen molar-refractivity contribution < 1.29 is 13.1 Å². The number of rotatable bonds is 0. The molecule has 253 valence electrons. The second kappa shape index (κ2) is 15.9. The van der Waals surface area contributed by atoms with Crippen molar-refractivity contribution in [1.82, 2.24) is 59.5 Å². The van der Waals surface area contributed by atoms with Crippen molar-refractivity contribution in [3.8, 4) is 0 Å². The summed E-state index contributed by atoms with van der Waals surface area (Å²) >= 11 is 22.7. The van der Waals surface area contributed by atoms with Gasteiger partial charge in [0.25, 0.3) is 0 Å². The van der Waals surface area contributed by atoms with Crippen LogP contribution in [0.1, 0.15) is 45.6 Å². The van der Waals surface area contributed by atoms with Crippen LogP contribution in [0.5, 0.6) is 0 Å². The summed E-state index contributed by atoms with van der Waals surface area (Å²) in [5.41, 5.74) is 3.06. The second-order valence-corrected chi connectivity index (χ2v) is 12.8. The molecule has 1 aliphatic heterocycles. The number of fused-ring (bicyclic) bond motifs is 6. The summed E-state index contributed by atoms with van der Waals surface area (Å²) in [6, 6.07) is 15.2. The van der Waals surface area contributed by atoms with Crippen molar-refractivity contribution in [2.45, 2.75) is 12.8 Å². The van der Waals surface area contributed by atoms with Gasteiger partial charge in [-0.1, -0.05) is 48.5 Å². The molecule has 0 saturated heterocycles. The fraction of sp³-hybridized carbons (Fsp3) is 0.0769. The van der Waals surface area contributed by atoms with E-state index in [9.17, 15) is 0 Å². The molecule has 23 heteroatoms. The van der Waals surface area contributed by atoms with Crippen molar-refractivity contribution in [2.24, 2.45) is 20.4 Å². The number of hydrogen-bond donors (Lipinski definition) is 4. The van der Waals surface area contributed by atoms with Gasteiger partial charge in [0, 0.05) is 22.3 Å². The predicted octanol–water partition coefficient (Wildman–Crippen LogP) is 5.10. The molecule has 1 aliphatic rings. The normalized spacial score (nSPS) is 15.3. The Morgan fingerprint density at radius 1 is 0.469 bits per heavy atom. The van der Waals surface area contributed by atoms with Crippen LogP contribution in [0.2, 0.25) is 0 Å². The van der Waals surface area contributed by atoms with E-state index in [0.29, 0.717) is 42.4 Å². The topological polar surface area (TPSA) is 184 Å². The predicted molar refractivity (Wildman–Crippen MR) is 192 cm³/mol. The molecule has 0 amide bonds. The number of nitrogens with one attached hydrogen (secondary N) is 4. The minimum absolute atomic E-state index is 0.213. The summed E-state index contributed by atoms with van der Waals surface area (Å²) in [5.74, 6) is 1.98. The Labute approximate surface area is 310 Å². The first-order chi connectivity index (χ1) is 23.9. The number of benzene rings is 2. The Morgan fingerprint density at radius 3 is 0.918 bits per heavy atom. The van der Waals surface area contributed by atoms with Gasteiger partial charge in [-0.15, -0.1) is 0 Å². The van der Waals surface area contributed by atoms with Crippen molar-refractivity contribution in [1.29, 1.82) is 0 Å². The molecule has 49 heavy (non-hydrogen) atoms. The minimum atomic E-state index is 0.213. The molecule has 5 heterocycles. The third kappa shape index (κ3) is 7.94. The van der Waals surface area contributed by atoms with Crippen LogP contribution >= 0.6 is 69.1 Å². The average Bonchev–Trinajstić information content (AvgIpc) is 3.84. The van der Waals surface area contributed by atoms with E-state index < -0.39 is 0 Å². The molecule has 4 N–H and O–H groups in total. The third-order valence-corrected chi connectivity index (χ3v) is 7.80. The molecule has 0 radical (unpaired) electrons. The summed E-state index contributed by atoms with van der Waals surface area (Å²) in [4.78, 5) is 0. The van der Waals surface area contributed by atoms with Crippen LogP contribution in [0.25, 0.3) is 0 Å². The van der Waals surface area contributed by atoms with Crippen LogP contribution in [-0.4, -0.2) is 84.4 Å². The molecule has 6 aromatic rings. The Balaban J connectivity index is 0.00000134. The molecule has 0 fully saturated rings. The van der Waals surface area contributed by atoms with Gasteiger partial charge in [-0.2, -0.15) is 59.5 Å². The summed E-state index contributed by atoms with van der Waals surface area (Å²) in [5, 5.41) is 47.2. The Morgan fingerprint density at radius 2 is 0.694 bits per heavy atom. The van der Waals surface area contributed by atoms with Gasteiger partial charge in [-0.3, -0.25) is 20.4 Å². The van der Waals surface area contributed by atoms with Gasteiger partial charge >= 0.3 is 33.3 Å². The van der Waals surface area contributed by atoms with Crippen LogP contribution < -0.4 is 0 Å². The SMILES string of the molecule is S=c1[nH]nc2n1/N=C/c1ccccc1/C=N/n1c(n[nH]c1=S)Cc1n[nH]c(=S)n1/N=C/c1ccccc1/C=N/n1c(n[nH]c1=S)C2.[Cl][Cu][Cl]. The summed E-state index contributed by atoms with van der Waals surface area (Å²) in [7, 11) is 9.34. The van der Waals surface area contributed by atoms with Gasteiger partial charge in [0.1, 0.15) is 0 Å². The van der Waals surface area contributed by atoms with Gasteiger partial charge in [-0.05, 0) is 48.9 Å². The fourth-order valence-corrected chi connectivity index (χ4v) is 5.28. The molecule has 0 aliphatic carbocycles. The molecule has 16 nitrogen and oxygen atoms in total. The third-order valence-electron chi connectivity index (χ3n) is 6.74. The number of aromatic nitrogens is 12. The summed E-state index contributed by atoms with van der Waals surface area (Å²) < 4.78 is 7.28. The van der Waals surface area contributed by atoms with Gasteiger partial charge in [-0.25, -0.2) is 0 Å². The maximum absolute atomic E-state index is 5.48. The first kappa shape index (κ1) is 34.5. The number of H-pyrrole nitrogens is 4. The van der Waals surface area contributed by atoms with E-state index in [1.165, 1.54) is 18.7 Å². The molecule has 0 saturated carbocycles. The fourth-order valence-electron chi connectivity index (χ4n) is 4.49. The Bertz CT molecular complexity index is 2140. The second-order valence-electron chi connectivity index (χ2n) is 9.66. The molecule has 2 aromatic carbocycles. The summed E-state index contributed by atoms with van der Waals surface area (Å²) in [6.45, 7) is 0. The number of nitrogens with zero attached hydrogens (tertiary/aromatic N) is 12. The van der Waals surface area contributed by atoms with Crippen molar-refractivity contribution in [3.05, 3.63) is 113 Å². The molecule has 0 bridgehead atoms. The molecular weight excluding hydrogens is 799 g/mol. The van der Waals surface area contributed by atoms with E-state index in [-0.39, 0.29) is 12.8 Å². The van der Waals surface area contributed by atoms with Crippen molar-refractivity contribution >= 4 is 93.9 Å². The van der Waals surface area contributed by atoms with Crippen LogP contribution in [0.4, 0.5) is 0 Å². The average molecular weight is 819 g/mol. The quantitative estimate of drug-likeness (QED) is 0.120. The zero-order valence-corrected chi connectivity index (χ0v) is 30.1. The first-order valence-electron chi connectivity index (χ1n) is 13.7. The van der Waals surface area contributed by atoms with E-state index in [0.717, 1.165) is 35.4 Å². The van der Waals surface area contributed by atoms with Gasteiger partial charge < -0.3 is 0 Å². The van der Waals surface area contributed by atoms with Crippen molar-refractivity contribution in [2.75, 3.05) is 0 Å². The molecular formula is C26H20Cl2CuN16S4. The van der Waals surface area contributed by atoms with Crippen LogP contribution in [0, 0.1) is 19.1 Å². The molecule has 4 aromatic heterocycles. The van der Waals surface area contributed by atoms with E-state index in [1.54, 1.807) is 24.9 Å². The molecule has 7 rings (SSSR count).